The Hall–Kier alpha value is -4.44. The van der Waals surface area contributed by atoms with Gasteiger partial charge in [0.25, 0.3) is 0 Å². The van der Waals surface area contributed by atoms with Crippen molar-refractivity contribution in [1.29, 1.82) is 0 Å². The molecule has 0 unspecified atom stereocenters. The average Bonchev–Trinajstić information content (AvgIpc) is 2.93. The molecular weight excluding hydrogens is 482 g/mol. The summed E-state index contributed by atoms with van der Waals surface area (Å²) in [6.07, 6.45) is 0. The topological polar surface area (TPSA) is 48.4 Å². The van der Waals surface area contributed by atoms with Gasteiger partial charge in [-0.3, -0.25) is 0 Å². The summed E-state index contributed by atoms with van der Waals surface area (Å²) in [7, 11) is 1.64. The van der Waals surface area contributed by atoms with Crippen LogP contribution in [0.1, 0.15) is 52.0 Å². The van der Waals surface area contributed by atoms with Crippen LogP contribution in [0.25, 0.3) is 22.2 Å². The average molecular weight is 516 g/mol. The fourth-order valence-electron chi connectivity index (χ4n) is 5.23. The van der Waals surface area contributed by atoms with Gasteiger partial charge in [0.05, 0.1) is 23.9 Å². The predicted molar refractivity (Wildman–Crippen MR) is 158 cm³/mol. The maximum atomic E-state index is 13.8. The van der Waals surface area contributed by atoms with Crippen molar-refractivity contribution < 1.29 is 14.3 Å². The second kappa shape index (κ2) is 10.4. The number of rotatable bonds is 6. The number of carbonyl (C=O) groups excluding carboxylic acids is 1. The third-order valence-electron chi connectivity index (χ3n) is 7.52. The summed E-state index contributed by atoms with van der Waals surface area (Å²) in [6, 6.07) is 30.0. The number of nitrogens with zero attached hydrogens (tertiary/aromatic N) is 1. The van der Waals surface area contributed by atoms with E-state index in [0.717, 1.165) is 50.2 Å². The van der Waals surface area contributed by atoms with Crippen molar-refractivity contribution in [1.82, 2.24) is 4.98 Å². The van der Waals surface area contributed by atoms with Gasteiger partial charge in [0, 0.05) is 16.4 Å². The second-order valence-electron chi connectivity index (χ2n) is 10.6. The quantitative estimate of drug-likeness (QED) is 0.168. The lowest BCUT2D eigenvalue weighted by atomic mass is 9.78. The molecule has 4 nitrogen and oxygen atoms in total. The summed E-state index contributed by atoms with van der Waals surface area (Å²) in [5.74, 6) is 0.879. The first-order valence-electron chi connectivity index (χ1n) is 13.1. The molecule has 0 aliphatic carbocycles. The molecule has 4 heteroatoms. The summed E-state index contributed by atoms with van der Waals surface area (Å²) in [5.41, 5.74) is 8.06. The van der Waals surface area contributed by atoms with Gasteiger partial charge >= 0.3 is 5.97 Å². The van der Waals surface area contributed by atoms with Crippen LogP contribution in [-0.4, -0.2) is 18.1 Å². The Balaban J connectivity index is 1.54. The third-order valence-corrected chi connectivity index (χ3v) is 7.52. The summed E-state index contributed by atoms with van der Waals surface area (Å²) < 4.78 is 11.3. The van der Waals surface area contributed by atoms with Gasteiger partial charge in [0.15, 0.2) is 0 Å². The molecule has 0 aliphatic heterocycles. The zero-order chi connectivity index (χ0) is 27.7. The van der Waals surface area contributed by atoms with E-state index in [1.54, 1.807) is 7.11 Å². The number of ether oxygens (including phenoxy) is 2. The molecule has 5 rings (SSSR count). The summed E-state index contributed by atoms with van der Waals surface area (Å²) >= 11 is 0. The molecule has 39 heavy (non-hydrogen) atoms. The lowest BCUT2D eigenvalue weighted by molar-refractivity contribution is 0.0736. The minimum atomic E-state index is -0.394. The van der Waals surface area contributed by atoms with Gasteiger partial charge in [-0.2, -0.15) is 0 Å². The van der Waals surface area contributed by atoms with E-state index in [1.165, 1.54) is 5.56 Å². The molecule has 5 aromatic rings. The molecule has 0 spiro atoms. The Morgan fingerprint density at radius 2 is 1.38 bits per heavy atom. The Kier molecular flexibility index (Phi) is 6.96. The monoisotopic (exact) mass is 515 g/mol. The SMILES string of the molecule is COc1ccc(-c2nc3c(C)cc(C)cc3c(C(=O)Oc3ccc(C(C)(C)c4ccccc4)cc3)c2C)cc1. The molecule has 0 fully saturated rings. The fraction of sp³-hybridized carbons (Fsp3) is 0.200. The van der Waals surface area contributed by atoms with Gasteiger partial charge in [-0.15, -0.1) is 0 Å². The second-order valence-corrected chi connectivity index (χ2v) is 10.6. The van der Waals surface area contributed by atoms with Crippen LogP contribution in [0, 0.1) is 20.8 Å². The zero-order valence-corrected chi connectivity index (χ0v) is 23.3. The molecule has 0 N–H and O–H groups in total. The van der Waals surface area contributed by atoms with Crippen molar-refractivity contribution in [3.05, 3.63) is 124 Å². The van der Waals surface area contributed by atoms with Crippen LogP contribution < -0.4 is 9.47 Å². The number of hydrogen-bond acceptors (Lipinski definition) is 4. The van der Waals surface area contributed by atoms with Crippen LogP contribution in [0.15, 0.2) is 91.0 Å². The van der Waals surface area contributed by atoms with Crippen molar-refractivity contribution in [3.8, 4) is 22.8 Å². The van der Waals surface area contributed by atoms with Gasteiger partial charge in [0.2, 0.25) is 0 Å². The number of pyridine rings is 1. The van der Waals surface area contributed by atoms with Gasteiger partial charge in [-0.05, 0) is 85.5 Å². The molecule has 0 saturated heterocycles. The van der Waals surface area contributed by atoms with Crippen molar-refractivity contribution >= 4 is 16.9 Å². The normalized spacial score (nSPS) is 11.4. The van der Waals surface area contributed by atoms with Crippen molar-refractivity contribution in [2.75, 3.05) is 7.11 Å². The van der Waals surface area contributed by atoms with E-state index < -0.39 is 5.97 Å². The number of aryl methyl sites for hydroxylation is 2. The van der Waals surface area contributed by atoms with Gasteiger partial charge in [-0.1, -0.05) is 67.9 Å². The molecule has 0 radical (unpaired) electrons. The predicted octanol–water partition coefficient (Wildman–Crippen LogP) is 8.38. The fourth-order valence-corrected chi connectivity index (χ4v) is 5.23. The molecule has 1 aromatic heterocycles. The molecular formula is C35H33NO3. The van der Waals surface area contributed by atoms with E-state index in [2.05, 4.69) is 44.2 Å². The molecule has 0 saturated carbocycles. The van der Waals surface area contributed by atoms with E-state index in [9.17, 15) is 4.79 Å². The van der Waals surface area contributed by atoms with Crippen molar-refractivity contribution in [2.24, 2.45) is 0 Å². The highest BCUT2D eigenvalue weighted by Crippen LogP contribution is 2.35. The van der Waals surface area contributed by atoms with Gasteiger partial charge < -0.3 is 9.47 Å². The number of aromatic nitrogens is 1. The largest absolute Gasteiger partial charge is 0.497 e. The number of hydrogen-bond donors (Lipinski definition) is 0. The highest BCUT2D eigenvalue weighted by molar-refractivity contribution is 6.08. The van der Waals surface area contributed by atoms with Crippen LogP contribution >= 0.6 is 0 Å². The number of carbonyl (C=O) groups is 1. The third kappa shape index (κ3) is 5.03. The Bertz CT molecular complexity index is 1650. The number of esters is 1. The summed E-state index contributed by atoms with van der Waals surface area (Å²) in [4.78, 5) is 18.8. The Morgan fingerprint density at radius 1 is 0.769 bits per heavy atom. The molecule has 0 bridgehead atoms. The zero-order valence-electron chi connectivity index (χ0n) is 23.3. The highest BCUT2D eigenvalue weighted by atomic mass is 16.5. The minimum absolute atomic E-state index is 0.177. The smallest absolute Gasteiger partial charge is 0.344 e. The van der Waals surface area contributed by atoms with Crippen molar-refractivity contribution in [2.45, 2.75) is 40.0 Å². The Morgan fingerprint density at radius 3 is 2.03 bits per heavy atom. The van der Waals surface area contributed by atoms with Crippen LogP contribution in [0.3, 0.4) is 0 Å². The maximum Gasteiger partial charge on any atom is 0.344 e. The van der Waals surface area contributed by atoms with Crippen LogP contribution in [0.5, 0.6) is 11.5 Å². The van der Waals surface area contributed by atoms with E-state index in [4.69, 9.17) is 14.5 Å². The molecule has 1 heterocycles. The number of fused-ring (bicyclic) bond motifs is 1. The molecule has 0 amide bonds. The summed E-state index contributed by atoms with van der Waals surface area (Å²) in [5, 5.41) is 0.800. The maximum absolute atomic E-state index is 13.8. The van der Waals surface area contributed by atoms with Gasteiger partial charge in [-0.25, -0.2) is 9.78 Å². The first-order valence-corrected chi connectivity index (χ1v) is 13.1. The van der Waals surface area contributed by atoms with E-state index in [-0.39, 0.29) is 5.41 Å². The standard InChI is InChI=1S/C35H33NO3/c1-22-20-23(2)32-30(21-22)31(24(3)33(36-32)25-12-16-28(38-6)17-13-25)34(37)39-29-18-14-27(15-19-29)35(4,5)26-10-8-7-9-11-26/h7-21H,1-6H3. The number of methoxy groups -OCH3 is 1. The van der Waals surface area contributed by atoms with Crippen molar-refractivity contribution in [3.63, 3.8) is 0 Å². The van der Waals surface area contributed by atoms with E-state index in [1.807, 2.05) is 81.4 Å². The highest BCUT2D eigenvalue weighted by Gasteiger charge is 2.24. The van der Waals surface area contributed by atoms with Gasteiger partial charge in [0.1, 0.15) is 11.5 Å². The molecule has 4 aromatic carbocycles. The van der Waals surface area contributed by atoms with E-state index >= 15 is 0 Å². The summed E-state index contributed by atoms with van der Waals surface area (Å²) in [6.45, 7) is 10.4. The number of benzene rings is 4. The van der Waals surface area contributed by atoms with Crippen LogP contribution in [0.4, 0.5) is 0 Å². The molecule has 0 atom stereocenters. The first kappa shape index (κ1) is 26.2. The minimum Gasteiger partial charge on any atom is -0.497 e. The lowest BCUT2D eigenvalue weighted by Gasteiger charge is -2.26. The van der Waals surface area contributed by atoms with Crippen LogP contribution in [0.2, 0.25) is 0 Å². The lowest BCUT2D eigenvalue weighted by Crippen LogP contribution is -2.18. The van der Waals surface area contributed by atoms with E-state index in [0.29, 0.717) is 11.3 Å². The molecule has 0 aliphatic rings. The van der Waals surface area contributed by atoms with Crippen LogP contribution in [-0.2, 0) is 5.41 Å². The Labute approximate surface area is 230 Å². The first-order chi connectivity index (χ1) is 18.7. The molecule has 196 valence electrons.